The number of ketones is 1. The van der Waals surface area contributed by atoms with Crippen molar-refractivity contribution in [2.75, 3.05) is 20.3 Å². The predicted octanol–water partition coefficient (Wildman–Crippen LogP) is 3.47. The smallest absolute Gasteiger partial charge is 0.321 e. The highest BCUT2D eigenvalue weighted by Gasteiger charge is 2.53. The molecule has 154 valence electrons. The number of carbonyl (C=O) groups excluding carboxylic acids is 2. The molecule has 1 aliphatic rings. The molecule has 1 aromatic carbocycles. The Morgan fingerprint density at radius 1 is 1.25 bits per heavy atom. The molecule has 1 saturated heterocycles. The minimum Gasteiger partial charge on any atom is -0.493 e. The monoisotopic (exact) mass is 425 g/mol. The van der Waals surface area contributed by atoms with Crippen LogP contribution in [-0.2, 0) is 14.3 Å². The van der Waals surface area contributed by atoms with E-state index in [4.69, 9.17) is 26.4 Å². The molecule has 0 saturated carbocycles. The number of methoxy groups -OCH3 is 1. The Bertz CT molecular complexity index is 737. The van der Waals surface area contributed by atoms with Crippen molar-refractivity contribution in [2.45, 2.75) is 50.3 Å². The second-order valence-electron chi connectivity index (χ2n) is 6.98. The van der Waals surface area contributed by atoms with Crippen LogP contribution < -0.4 is 9.47 Å². The van der Waals surface area contributed by atoms with E-state index in [1.807, 2.05) is 43.0 Å². The third-order valence-electron chi connectivity index (χ3n) is 4.46. The van der Waals surface area contributed by atoms with E-state index < -0.39 is 10.8 Å². The summed E-state index contributed by atoms with van der Waals surface area (Å²) in [6.45, 7) is 7.76. The van der Waals surface area contributed by atoms with Crippen LogP contribution in [0.25, 0.3) is 0 Å². The Balaban J connectivity index is 2.26. The van der Waals surface area contributed by atoms with E-state index in [2.05, 4.69) is 0 Å². The van der Waals surface area contributed by atoms with Gasteiger partial charge in [0.05, 0.1) is 30.7 Å². The number of esters is 1. The first kappa shape index (κ1) is 22.5. The second kappa shape index (κ2) is 9.60. The Morgan fingerprint density at radius 2 is 1.89 bits per heavy atom. The molecule has 0 radical (unpaired) electrons. The van der Waals surface area contributed by atoms with Crippen molar-refractivity contribution in [3.63, 3.8) is 0 Å². The van der Waals surface area contributed by atoms with E-state index in [1.165, 1.54) is 18.7 Å². The molecule has 28 heavy (non-hydrogen) atoms. The normalized spacial score (nSPS) is 20.5. The van der Waals surface area contributed by atoms with Crippen molar-refractivity contribution >= 4 is 40.7 Å². The number of carbonyl (C=O) groups is 2. The largest absolute Gasteiger partial charge is 0.493 e. The summed E-state index contributed by atoms with van der Waals surface area (Å²) in [7, 11) is 1.58. The third-order valence-corrected chi connectivity index (χ3v) is 6.51. The number of rotatable bonds is 8. The summed E-state index contributed by atoms with van der Waals surface area (Å²) in [6.07, 6.45) is 0.153. The molecule has 8 heteroatoms. The molecule has 0 spiro atoms. The van der Waals surface area contributed by atoms with Crippen molar-refractivity contribution < 1.29 is 23.8 Å². The van der Waals surface area contributed by atoms with Gasteiger partial charge < -0.3 is 19.1 Å². The second-order valence-corrected chi connectivity index (χ2v) is 8.74. The van der Waals surface area contributed by atoms with Gasteiger partial charge in [-0.3, -0.25) is 9.59 Å². The number of ether oxygens (including phenoxy) is 3. The quantitative estimate of drug-likeness (QED) is 0.463. The van der Waals surface area contributed by atoms with Crippen LogP contribution in [0, 0.1) is 0 Å². The number of thiocarbonyl (C=S) groups is 1. The number of para-hydroxylation sites is 2. The maximum Gasteiger partial charge on any atom is 0.321 e. The summed E-state index contributed by atoms with van der Waals surface area (Å²) in [5, 5.41) is -0.676. The molecule has 0 bridgehead atoms. The van der Waals surface area contributed by atoms with Crippen LogP contribution in [0.1, 0.15) is 34.1 Å². The first-order chi connectivity index (χ1) is 13.2. The highest BCUT2D eigenvalue weighted by Crippen LogP contribution is 2.44. The van der Waals surface area contributed by atoms with Gasteiger partial charge in [-0.2, -0.15) is 0 Å². The lowest BCUT2D eigenvalue weighted by molar-refractivity contribution is -0.144. The van der Waals surface area contributed by atoms with Crippen molar-refractivity contribution in [1.29, 1.82) is 0 Å². The van der Waals surface area contributed by atoms with Crippen LogP contribution in [0.2, 0.25) is 0 Å². The van der Waals surface area contributed by atoms with E-state index >= 15 is 0 Å². The summed E-state index contributed by atoms with van der Waals surface area (Å²) in [6, 6.07) is 7.37. The number of hydrogen-bond donors (Lipinski definition) is 0. The maximum absolute atomic E-state index is 12.5. The number of hydrogen-bond acceptors (Lipinski definition) is 7. The Kier molecular flexibility index (Phi) is 7.71. The molecule has 2 unspecified atom stereocenters. The highest BCUT2D eigenvalue weighted by molar-refractivity contribution is 8.01. The van der Waals surface area contributed by atoms with Crippen molar-refractivity contribution in [2.24, 2.45) is 0 Å². The van der Waals surface area contributed by atoms with Gasteiger partial charge >= 0.3 is 5.97 Å². The van der Waals surface area contributed by atoms with E-state index in [0.717, 1.165) is 0 Å². The number of benzene rings is 1. The fourth-order valence-electron chi connectivity index (χ4n) is 3.24. The molecule has 2 rings (SSSR count). The van der Waals surface area contributed by atoms with Gasteiger partial charge in [0.1, 0.15) is 23.0 Å². The van der Waals surface area contributed by atoms with E-state index in [0.29, 0.717) is 23.1 Å². The van der Waals surface area contributed by atoms with E-state index in [-0.39, 0.29) is 30.2 Å². The summed E-state index contributed by atoms with van der Waals surface area (Å²) < 4.78 is 16.6. The SMILES string of the molecule is CCOC(=O)C1SC(COc2ccccc2OC)N(C(=S)CC(C)=O)C1(C)C. The minimum atomic E-state index is -0.613. The average molecular weight is 426 g/mol. The third kappa shape index (κ3) is 4.97. The van der Waals surface area contributed by atoms with Crippen molar-refractivity contribution in [1.82, 2.24) is 4.90 Å². The van der Waals surface area contributed by atoms with Crippen LogP contribution in [0.15, 0.2) is 24.3 Å². The summed E-state index contributed by atoms with van der Waals surface area (Å²) >= 11 is 7.01. The summed E-state index contributed by atoms with van der Waals surface area (Å²) in [5.74, 6) is 0.938. The molecule has 6 nitrogen and oxygen atoms in total. The molecule has 1 aromatic rings. The van der Waals surface area contributed by atoms with Crippen LogP contribution in [0.5, 0.6) is 11.5 Å². The zero-order chi connectivity index (χ0) is 20.9. The molecule has 0 aliphatic carbocycles. The number of nitrogens with zero attached hydrogens (tertiary/aromatic N) is 1. The molecular weight excluding hydrogens is 398 g/mol. The molecule has 0 N–H and O–H groups in total. The lowest BCUT2D eigenvalue weighted by atomic mass is 9.97. The van der Waals surface area contributed by atoms with Crippen LogP contribution in [0.3, 0.4) is 0 Å². The van der Waals surface area contributed by atoms with Crippen LogP contribution in [0.4, 0.5) is 0 Å². The first-order valence-electron chi connectivity index (χ1n) is 9.11. The molecule has 0 aromatic heterocycles. The molecular formula is C20H27NO5S2. The average Bonchev–Trinajstić information content (AvgIpc) is 2.90. The molecule has 0 amide bonds. The zero-order valence-electron chi connectivity index (χ0n) is 16.9. The topological polar surface area (TPSA) is 65.1 Å². The molecule has 2 atom stereocenters. The Hall–Kier alpha value is -1.80. The molecule has 1 heterocycles. The van der Waals surface area contributed by atoms with Gasteiger partial charge in [0.25, 0.3) is 0 Å². The molecule has 1 aliphatic heterocycles. The van der Waals surface area contributed by atoms with Gasteiger partial charge in [-0.1, -0.05) is 24.4 Å². The van der Waals surface area contributed by atoms with Crippen molar-refractivity contribution in [3.8, 4) is 11.5 Å². The van der Waals surface area contributed by atoms with Gasteiger partial charge in [-0.25, -0.2) is 0 Å². The zero-order valence-corrected chi connectivity index (χ0v) is 18.5. The van der Waals surface area contributed by atoms with Crippen molar-refractivity contribution in [3.05, 3.63) is 24.3 Å². The lowest BCUT2D eigenvalue weighted by Crippen LogP contribution is -2.53. The Labute approximate surface area is 175 Å². The van der Waals surface area contributed by atoms with Crippen LogP contribution in [-0.4, -0.2) is 58.1 Å². The van der Waals surface area contributed by atoms with Gasteiger partial charge in [0, 0.05) is 0 Å². The van der Waals surface area contributed by atoms with Gasteiger partial charge in [0.2, 0.25) is 0 Å². The Morgan fingerprint density at radius 3 is 2.46 bits per heavy atom. The predicted molar refractivity (Wildman–Crippen MR) is 114 cm³/mol. The lowest BCUT2D eigenvalue weighted by Gasteiger charge is -2.38. The minimum absolute atomic E-state index is 0.0187. The number of Topliss-reactive ketones (excluding diaryl/α,β-unsaturated/α-hetero) is 1. The number of thioether (sulfide) groups is 1. The van der Waals surface area contributed by atoms with Gasteiger partial charge in [-0.05, 0) is 39.8 Å². The van der Waals surface area contributed by atoms with E-state index in [1.54, 1.807) is 14.0 Å². The fourth-order valence-corrected chi connectivity index (χ4v) is 5.48. The molecule has 1 fully saturated rings. The standard InChI is InChI=1S/C20H27NO5S2/c1-6-25-19(23)18-20(3,4)21(16(27)11-13(2)22)17(28-18)12-26-15-10-8-7-9-14(15)24-5/h7-10,17-18H,6,11-12H2,1-5H3. The van der Waals surface area contributed by atoms with E-state index in [9.17, 15) is 9.59 Å². The van der Waals surface area contributed by atoms with Crippen LogP contribution >= 0.6 is 24.0 Å². The fraction of sp³-hybridized carbons (Fsp3) is 0.550. The van der Waals surface area contributed by atoms with Gasteiger partial charge in [0.15, 0.2) is 11.5 Å². The maximum atomic E-state index is 12.5. The summed E-state index contributed by atoms with van der Waals surface area (Å²) in [5.41, 5.74) is -0.613. The highest BCUT2D eigenvalue weighted by atomic mass is 32.2. The first-order valence-corrected chi connectivity index (χ1v) is 10.5. The summed E-state index contributed by atoms with van der Waals surface area (Å²) in [4.78, 5) is 26.6. The van der Waals surface area contributed by atoms with Gasteiger partial charge in [-0.15, -0.1) is 11.8 Å².